The van der Waals surface area contributed by atoms with Gasteiger partial charge in [-0.3, -0.25) is 4.79 Å². The number of hydrogen-bond donors (Lipinski definition) is 3. The zero-order valence-electron chi connectivity index (χ0n) is 10.1. The molecular weight excluding hydrogens is 236 g/mol. The van der Waals surface area contributed by atoms with Gasteiger partial charge in [0, 0.05) is 5.69 Å². The van der Waals surface area contributed by atoms with Crippen molar-refractivity contribution < 1.29 is 19.4 Å². The van der Waals surface area contributed by atoms with Crippen molar-refractivity contribution in [3.05, 3.63) is 29.8 Å². The van der Waals surface area contributed by atoms with Gasteiger partial charge in [0.05, 0.1) is 13.2 Å². The van der Waals surface area contributed by atoms with Crippen LogP contribution in [-0.2, 0) is 16.1 Å². The number of rotatable bonds is 5. The topological polar surface area (TPSA) is 87.7 Å². The first-order valence-electron chi connectivity index (χ1n) is 5.56. The van der Waals surface area contributed by atoms with Gasteiger partial charge in [-0.1, -0.05) is 12.1 Å². The van der Waals surface area contributed by atoms with Crippen LogP contribution in [0, 0.1) is 0 Å². The number of carbonyl (C=O) groups excluding carboxylic acids is 2. The summed E-state index contributed by atoms with van der Waals surface area (Å²) in [5.41, 5.74) is 1.33. The zero-order valence-corrected chi connectivity index (χ0v) is 10.1. The van der Waals surface area contributed by atoms with Crippen LogP contribution in [0.25, 0.3) is 0 Å². The number of nitrogens with one attached hydrogen (secondary N) is 2. The molecule has 98 valence electrons. The van der Waals surface area contributed by atoms with Crippen molar-refractivity contribution in [2.45, 2.75) is 13.5 Å². The second kappa shape index (κ2) is 7.29. The highest BCUT2D eigenvalue weighted by Gasteiger charge is 2.05. The molecule has 0 saturated carbocycles. The van der Waals surface area contributed by atoms with Gasteiger partial charge in [0.2, 0.25) is 0 Å². The summed E-state index contributed by atoms with van der Waals surface area (Å²) in [5, 5.41) is 13.8. The van der Waals surface area contributed by atoms with Crippen LogP contribution in [-0.4, -0.2) is 30.3 Å². The lowest BCUT2D eigenvalue weighted by Gasteiger charge is -2.07. The largest absolute Gasteiger partial charge is 0.465 e. The Morgan fingerprint density at radius 1 is 1.28 bits per heavy atom. The zero-order chi connectivity index (χ0) is 13.4. The predicted octanol–water partition coefficient (Wildman–Crippen LogP) is 0.863. The van der Waals surface area contributed by atoms with Crippen LogP contribution in [0.1, 0.15) is 12.5 Å². The highest BCUT2D eigenvalue weighted by Crippen LogP contribution is 2.08. The first kappa shape index (κ1) is 14.0. The molecule has 0 spiro atoms. The minimum atomic E-state index is -0.486. The molecule has 0 aliphatic rings. The lowest BCUT2D eigenvalue weighted by Crippen LogP contribution is -2.34. The van der Waals surface area contributed by atoms with E-state index in [2.05, 4.69) is 15.4 Å². The van der Waals surface area contributed by atoms with Crippen LogP contribution < -0.4 is 10.6 Å². The number of amides is 2. The Morgan fingerprint density at radius 3 is 2.50 bits per heavy atom. The Hall–Kier alpha value is -2.08. The molecule has 1 aromatic rings. The molecule has 0 unspecified atom stereocenters. The number of ether oxygens (including phenoxy) is 1. The van der Waals surface area contributed by atoms with Crippen molar-refractivity contribution in [2.75, 3.05) is 18.5 Å². The molecule has 0 fully saturated rings. The lowest BCUT2D eigenvalue weighted by molar-refractivity contribution is -0.141. The van der Waals surface area contributed by atoms with Gasteiger partial charge < -0.3 is 20.5 Å². The summed E-state index contributed by atoms with van der Waals surface area (Å²) in [7, 11) is 0. The molecule has 0 aliphatic carbocycles. The highest BCUT2D eigenvalue weighted by atomic mass is 16.5. The predicted molar refractivity (Wildman–Crippen MR) is 66.0 cm³/mol. The minimum absolute atomic E-state index is 0.0463. The summed E-state index contributed by atoms with van der Waals surface area (Å²) < 4.78 is 4.66. The Balaban J connectivity index is 2.37. The quantitative estimate of drug-likeness (QED) is 0.678. The number of anilines is 1. The Bertz CT molecular complexity index is 403. The van der Waals surface area contributed by atoms with Crippen molar-refractivity contribution in [1.29, 1.82) is 0 Å². The number of carbonyl (C=O) groups is 2. The number of benzene rings is 1. The van der Waals surface area contributed by atoms with E-state index in [1.165, 1.54) is 0 Å². The van der Waals surface area contributed by atoms with Crippen LogP contribution >= 0.6 is 0 Å². The smallest absolute Gasteiger partial charge is 0.325 e. The maximum Gasteiger partial charge on any atom is 0.325 e. The molecule has 0 radical (unpaired) electrons. The molecule has 6 nitrogen and oxygen atoms in total. The SMILES string of the molecule is CCOC(=O)CNC(=O)Nc1ccc(CO)cc1. The monoisotopic (exact) mass is 252 g/mol. The molecule has 0 aromatic heterocycles. The van der Waals surface area contributed by atoms with E-state index in [-0.39, 0.29) is 19.8 Å². The molecular formula is C12H16N2O4. The molecule has 3 N–H and O–H groups in total. The third-order valence-corrected chi connectivity index (χ3v) is 2.09. The van der Waals surface area contributed by atoms with Gasteiger partial charge in [-0.15, -0.1) is 0 Å². The fourth-order valence-corrected chi connectivity index (χ4v) is 1.23. The molecule has 6 heteroatoms. The van der Waals surface area contributed by atoms with Gasteiger partial charge in [0.1, 0.15) is 6.54 Å². The summed E-state index contributed by atoms with van der Waals surface area (Å²) in [5.74, 6) is -0.483. The van der Waals surface area contributed by atoms with Crippen molar-refractivity contribution in [2.24, 2.45) is 0 Å². The van der Waals surface area contributed by atoms with Crippen LogP contribution in [0.5, 0.6) is 0 Å². The average Bonchev–Trinajstić information content (AvgIpc) is 2.38. The Kier molecular flexibility index (Phi) is 5.66. The van der Waals surface area contributed by atoms with E-state index < -0.39 is 12.0 Å². The summed E-state index contributed by atoms with van der Waals surface area (Å²) >= 11 is 0. The summed E-state index contributed by atoms with van der Waals surface area (Å²) in [6.07, 6.45) is 0. The summed E-state index contributed by atoms with van der Waals surface area (Å²) in [4.78, 5) is 22.4. The average molecular weight is 252 g/mol. The molecule has 0 atom stereocenters. The highest BCUT2D eigenvalue weighted by molar-refractivity contribution is 5.91. The van der Waals surface area contributed by atoms with Crippen molar-refractivity contribution in [3.8, 4) is 0 Å². The number of urea groups is 1. The molecule has 1 rings (SSSR count). The van der Waals surface area contributed by atoms with Gasteiger partial charge in [0.25, 0.3) is 0 Å². The Morgan fingerprint density at radius 2 is 1.94 bits per heavy atom. The molecule has 1 aromatic carbocycles. The fraction of sp³-hybridized carbons (Fsp3) is 0.333. The normalized spacial score (nSPS) is 9.67. The van der Waals surface area contributed by atoms with E-state index in [9.17, 15) is 9.59 Å². The Labute approximate surface area is 105 Å². The van der Waals surface area contributed by atoms with E-state index in [1.807, 2.05) is 0 Å². The molecule has 0 bridgehead atoms. The lowest BCUT2D eigenvalue weighted by atomic mass is 10.2. The molecule has 18 heavy (non-hydrogen) atoms. The van der Waals surface area contributed by atoms with E-state index in [0.717, 1.165) is 5.56 Å². The number of aliphatic hydroxyl groups is 1. The van der Waals surface area contributed by atoms with Gasteiger partial charge in [-0.25, -0.2) is 4.79 Å². The second-order valence-corrected chi connectivity index (χ2v) is 3.47. The second-order valence-electron chi connectivity index (χ2n) is 3.47. The standard InChI is InChI=1S/C12H16N2O4/c1-2-18-11(16)7-13-12(17)14-10-5-3-9(8-15)4-6-10/h3-6,15H,2,7-8H2,1H3,(H2,13,14,17). The van der Waals surface area contributed by atoms with Gasteiger partial charge >= 0.3 is 12.0 Å². The van der Waals surface area contributed by atoms with E-state index in [4.69, 9.17) is 5.11 Å². The number of esters is 1. The molecule has 0 aliphatic heterocycles. The molecule has 2 amide bonds. The van der Waals surface area contributed by atoms with Crippen molar-refractivity contribution >= 4 is 17.7 Å². The maximum atomic E-state index is 11.4. The first-order valence-corrected chi connectivity index (χ1v) is 5.56. The summed E-state index contributed by atoms with van der Waals surface area (Å²) in [6.45, 7) is 1.76. The molecule has 0 heterocycles. The van der Waals surface area contributed by atoms with Crippen LogP contribution in [0.15, 0.2) is 24.3 Å². The minimum Gasteiger partial charge on any atom is -0.465 e. The number of hydrogen-bond acceptors (Lipinski definition) is 4. The van der Waals surface area contributed by atoms with E-state index in [1.54, 1.807) is 31.2 Å². The molecule has 0 saturated heterocycles. The maximum absolute atomic E-state index is 11.4. The summed E-state index contributed by atoms with van der Waals surface area (Å²) in [6, 6.07) is 6.23. The van der Waals surface area contributed by atoms with E-state index in [0.29, 0.717) is 5.69 Å². The number of aliphatic hydroxyl groups excluding tert-OH is 1. The van der Waals surface area contributed by atoms with Crippen LogP contribution in [0.3, 0.4) is 0 Å². The van der Waals surface area contributed by atoms with Crippen LogP contribution in [0.2, 0.25) is 0 Å². The van der Waals surface area contributed by atoms with Gasteiger partial charge in [0.15, 0.2) is 0 Å². The van der Waals surface area contributed by atoms with E-state index >= 15 is 0 Å². The van der Waals surface area contributed by atoms with Crippen LogP contribution in [0.4, 0.5) is 10.5 Å². The fourth-order valence-electron chi connectivity index (χ4n) is 1.23. The van der Waals surface area contributed by atoms with Gasteiger partial charge in [-0.05, 0) is 24.6 Å². The third-order valence-electron chi connectivity index (χ3n) is 2.09. The van der Waals surface area contributed by atoms with Gasteiger partial charge in [-0.2, -0.15) is 0 Å². The third kappa shape index (κ3) is 4.84. The first-order chi connectivity index (χ1) is 8.65. The van der Waals surface area contributed by atoms with Crippen molar-refractivity contribution in [1.82, 2.24) is 5.32 Å². The van der Waals surface area contributed by atoms with Crippen molar-refractivity contribution in [3.63, 3.8) is 0 Å².